The molecule has 0 heterocycles. The molecule has 0 bridgehead atoms. The summed E-state index contributed by atoms with van der Waals surface area (Å²) in [6, 6.07) is 4.04. The molecular formula is C13H22N2Ru. The van der Waals surface area contributed by atoms with Gasteiger partial charge in [0.2, 0.25) is 0 Å². The third-order valence-electron chi connectivity index (χ3n) is 3.63. The SMILES string of the molecule is C(=NC1CCCCC1)=NC1CCCCC1.[Ru]. The molecule has 2 saturated carbocycles. The topological polar surface area (TPSA) is 24.7 Å². The first-order valence-electron chi connectivity index (χ1n) is 6.60. The summed E-state index contributed by atoms with van der Waals surface area (Å²) < 4.78 is 0. The van der Waals surface area contributed by atoms with E-state index >= 15 is 0 Å². The first-order valence-corrected chi connectivity index (χ1v) is 6.60. The minimum Gasteiger partial charge on any atom is -0.222 e. The molecule has 3 heteroatoms. The van der Waals surface area contributed by atoms with Crippen LogP contribution < -0.4 is 0 Å². The Balaban J connectivity index is 0.00000128. The van der Waals surface area contributed by atoms with Crippen molar-refractivity contribution < 1.29 is 19.5 Å². The van der Waals surface area contributed by atoms with Crippen LogP contribution in [0.2, 0.25) is 0 Å². The number of nitrogens with zero attached hydrogens (tertiary/aromatic N) is 2. The van der Waals surface area contributed by atoms with E-state index < -0.39 is 0 Å². The third kappa shape index (κ3) is 4.89. The van der Waals surface area contributed by atoms with Crippen LogP contribution in [-0.4, -0.2) is 18.1 Å². The summed E-state index contributed by atoms with van der Waals surface area (Å²) in [6.45, 7) is 0. The van der Waals surface area contributed by atoms with Gasteiger partial charge in [-0.3, -0.25) is 0 Å². The first-order chi connectivity index (χ1) is 7.45. The number of hydrogen-bond donors (Lipinski definition) is 0. The zero-order valence-electron chi connectivity index (χ0n) is 9.97. The van der Waals surface area contributed by atoms with Crippen LogP contribution in [-0.2, 0) is 19.5 Å². The van der Waals surface area contributed by atoms with E-state index in [1.54, 1.807) is 0 Å². The number of aliphatic imine (C=N–C) groups is 2. The van der Waals surface area contributed by atoms with E-state index in [-0.39, 0.29) is 19.5 Å². The molecule has 2 aliphatic carbocycles. The van der Waals surface area contributed by atoms with Crippen molar-refractivity contribution in [1.29, 1.82) is 0 Å². The molecule has 16 heavy (non-hydrogen) atoms. The molecule has 0 aromatic carbocycles. The smallest absolute Gasteiger partial charge is 0.0898 e. The molecule has 0 spiro atoms. The minimum atomic E-state index is 0. The summed E-state index contributed by atoms with van der Waals surface area (Å²) in [5, 5.41) is 0. The van der Waals surface area contributed by atoms with Crippen LogP contribution >= 0.6 is 0 Å². The predicted molar refractivity (Wildman–Crippen MR) is 63.6 cm³/mol. The van der Waals surface area contributed by atoms with Gasteiger partial charge in [0.05, 0.1) is 18.1 Å². The molecule has 0 aromatic heterocycles. The zero-order chi connectivity index (χ0) is 10.3. The molecule has 0 aromatic rings. The van der Waals surface area contributed by atoms with Gasteiger partial charge in [0, 0.05) is 19.5 Å². The van der Waals surface area contributed by atoms with Gasteiger partial charge in [0.15, 0.2) is 0 Å². The van der Waals surface area contributed by atoms with Crippen LogP contribution in [0.1, 0.15) is 64.2 Å². The fraction of sp³-hybridized carbons (Fsp3) is 0.923. The maximum Gasteiger partial charge on any atom is 0.0898 e. The molecule has 0 N–H and O–H groups in total. The molecule has 0 aliphatic heterocycles. The summed E-state index contributed by atoms with van der Waals surface area (Å²) in [7, 11) is 0. The van der Waals surface area contributed by atoms with E-state index in [0.29, 0.717) is 12.1 Å². The van der Waals surface area contributed by atoms with Gasteiger partial charge < -0.3 is 0 Å². The van der Waals surface area contributed by atoms with Crippen molar-refractivity contribution in [3.63, 3.8) is 0 Å². The molecule has 0 atom stereocenters. The van der Waals surface area contributed by atoms with Gasteiger partial charge in [-0.2, -0.15) is 0 Å². The zero-order valence-corrected chi connectivity index (χ0v) is 11.7. The second-order valence-corrected chi connectivity index (χ2v) is 4.94. The van der Waals surface area contributed by atoms with Crippen LogP contribution in [0.15, 0.2) is 9.98 Å². The van der Waals surface area contributed by atoms with Crippen LogP contribution in [0.25, 0.3) is 0 Å². The van der Waals surface area contributed by atoms with Gasteiger partial charge in [0.1, 0.15) is 0 Å². The normalized spacial score (nSPS) is 23.0. The Morgan fingerprint density at radius 3 is 1.38 bits per heavy atom. The largest absolute Gasteiger partial charge is 0.222 e. The second kappa shape index (κ2) is 8.15. The van der Waals surface area contributed by atoms with Gasteiger partial charge in [-0.05, 0) is 25.7 Å². The third-order valence-corrected chi connectivity index (χ3v) is 3.63. The van der Waals surface area contributed by atoms with E-state index in [0.717, 1.165) is 0 Å². The van der Waals surface area contributed by atoms with Crippen molar-refractivity contribution in [3.8, 4) is 0 Å². The van der Waals surface area contributed by atoms with Crippen molar-refractivity contribution in [2.45, 2.75) is 76.3 Å². The van der Waals surface area contributed by atoms with Crippen molar-refractivity contribution >= 4 is 6.01 Å². The maximum absolute atomic E-state index is 4.46. The minimum absolute atomic E-state index is 0. The Morgan fingerprint density at radius 1 is 0.625 bits per heavy atom. The van der Waals surface area contributed by atoms with E-state index in [1.807, 2.05) is 0 Å². The van der Waals surface area contributed by atoms with E-state index in [2.05, 4.69) is 16.0 Å². The van der Waals surface area contributed by atoms with Gasteiger partial charge in [-0.15, -0.1) is 0 Å². The second-order valence-electron chi connectivity index (χ2n) is 4.94. The van der Waals surface area contributed by atoms with Crippen LogP contribution in [0.4, 0.5) is 0 Å². The fourth-order valence-electron chi connectivity index (χ4n) is 2.62. The average molecular weight is 307 g/mol. The Labute approximate surface area is 112 Å². The van der Waals surface area contributed by atoms with Gasteiger partial charge in [-0.1, -0.05) is 38.5 Å². The monoisotopic (exact) mass is 308 g/mol. The molecule has 0 unspecified atom stereocenters. The Hall–Kier alpha value is 0.00338. The summed E-state index contributed by atoms with van der Waals surface area (Å²) in [5.41, 5.74) is 0. The van der Waals surface area contributed by atoms with Crippen molar-refractivity contribution in [2.75, 3.05) is 0 Å². The standard InChI is InChI=1S/C13H22N2.Ru/c1-3-7-12(8-4-1)14-11-15-13-9-5-2-6-10-13;/h12-13H,1-10H2;. The fourth-order valence-corrected chi connectivity index (χ4v) is 2.62. The molecular weight excluding hydrogens is 285 g/mol. The van der Waals surface area contributed by atoms with E-state index in [1.165, 1.54) is 64.2 Å². The molecule has 2 aliphatic rings. The average Bonchev–Trinajstić information content (AvgIpc) is 2.32. The molecule has 2 nitrogen and oxygen atoms in total. The van der Waals surface area contributed by atoms with Crippen LogP contribution in [0.3, 0.4) is 0 Å². The molecule has 0 amide bonds. The summed E-state index contributed by atoms with van der Waals surface area (Å²) in [4.78, 5) is 8.92. The first kappa shape index (κ1) is 14.1. The molecule has 0 saturated heterocycles. The molecule has 92 valence electrons. The Kier molecular flexibility index (Phi) is 7.16. The van der Waals surface area contributed by atoms with Gasteiger partial charge in [0.25, 0.3) is 0 Å². The van der Waals surface area contributed by atoms with Gasteiger partial charge in [-0.25, -0.2) is 9.98 Å². The Bertz CT molecular complexity index is 212. The molecule has 2 fully saturated rings. The van der Waals surface area contributed by atoms with E-state index in [4.69, 9.17) is 0 Å². The summed E-state index contributed by atoms with van der Waals surface area (Å²) >= 11 is 0. The maximum atomic E-state index is 4.46. The van der Waals surface area contributed by atoms with Crippen LogP contribution in [0, 0.1) is 0 Å². The van der Waals surface area contributed by atoms with E-state index in [9.17, 15) is 0 Å². The number of hydrogen-bond acceptors (Lipinski definition) is 2. The number of rotatable bonds is 2. The molecule has 2 rings (SSSR count). The summed E-state index contributed by atoms with van der Waals surface area (Å²) in [5.74, 6) is 0. The van der Waals surface area contributed by atoms with Gasteiger partial charge >= 0.3 is 0 Å². The quantitative estimate of drug-likeness (QED) is 0.547. The Morgan fingerprint density at radius 2 is 1.00 bits per heavy atom. The summed E-state index contributed by atoms with van der Waals surface area (Å²) in [6.07, 6.45) is 13.2. The van der Waals surface area contributed by atoms with Crippen molar-refractivity contribution in [2.24, 2.45) is 9.98 Å². The van der Waals surface area contributed by atoms with Crippen molar-refractivity contribution in [3.05, 3.63) is 0 Å². The molecule has 0 radical (unpaired) electrons. The van der Waals surface area contributed by atoms with Crippen LogP contribution in [0.5, 0.6) is 0 Å². The predicted octanol–water partition coefficient (Wildman–Crippen LogP) is 3.82. The van der Waals surface area contributed by atoms with Crippen molar-refractivity contribution in [1.82, 2.24) is 0 Å².